The van der Waals surface area contributed by atoms with Gasteiger partial charge in [0, 0.05) is 6.07 Å². The van der Waals surface area contributed by atoms with E-state index in [1.807, 2.05) is 6.07 Å². The van der Waals surface area contributed by atoms with E-state index < -0.39 is 0 Å². The second kappa shape index (κ2) is 3.33. The Morgan fingerprint density at radius 2 is 2.19 bits per heavy atom. The van der Waals surface area contributed by atoms with E-state index in [4.69, 9.17) is 10.3 Å². The minimum Gasteiger partial charge on any atom is -0.381 e. The Balaban J connectivity index is 2.15. The van der Waals surface area contributed by atoms with Crippen LogP contribution in [0, 0.1) is 5.82 Å². The van der Waals surface area contributed by atoms with Gasteiger partial charge in [0.15, 0.2) is 11.6 Å². The summed E-state index contributed by atoms with van der Waals surface area (Å²) in [5.41, 5.74) is 7.82. The minimum atomic E-state index is -0.189. The van der Waals surface area contributed by atoms with Gasteiger partial charge in [-0.2, -0.15) is 0 Å². The van der Waals surface area contributed by atoms with Crippen LogP contribution in [0.15, 0.2) is 22.7 Å². The van der Waals surface area contributed by atoms with Crippen LogP contribution in [-0.2, 0) is 12.8 Å². The van der Waals surface area contributed by atoms with Crippen molar-refractivity contribution in [2.75, 3.05) is 5.73 Å². The van der Waals surface area contributed by atoms with Gasteiger partial charge in [0.05, 0.1) is 5.56 Å². The average Bonchev–Trinajstić information content (AvgIpc) is 2.87. The van der Waals surface area contributed by atoms with Gasteiger partial charge in [-0.15, -0.1) is 0 Å². The molecular weight excluding hydrogens is 207 g/mol. The number of benzene rings is 1. The summed E-state index contributed by atoms with van der Waals surface area (Å²) < 4.78 is 19.1. The zero-order valence-electron chi connectivity index (χ0n) is 8.66. The van der Waals surface area contributed by atoms with E-state index in [2.05, 4.69) is 5.16 Å². The first-order valence-electron chi connectivity index (χ1n) is 5.28. The van der Waals surface area contributed by atoms with Crippen molar-refractivity contribution >= 4 is 5.82 Å². The molecule has 16 heavy (non-hydrogen) atoms. The smallest absolute Gasteiger partial charge is 0.172 e. The Morgan fingerprint density at radius 1 is 1.31 bits per heavy atom. The number of nitrogen functional groups attached to an aromatic ring is 1. The highest BCUT2D eigenvalue weighted by atomic mass is 19.1. The maximum atomic E-state index is 14.1. The lowest BCUT2D eigenvalue weighted by Crippen LogP contribution is -1.92. The van der Waals surface area contributed by atoms with E-state index in [1.54, 1.807) is 12.1 Å². The molecule has 0 radical (unpaired) electrons. The van der Waals surface area contributed by atoms with Gasteiger partial charge in [0.1, 0.15) is 5.82 Å². The van der Waals surface area contributed by atoms with E-state index in [-0.39, 0.29) is 11.6 Å². The van der Waals surface area contributed by atoms with Gasteiger partial charge in [-0.05, 0) is 36.5 Å². The zero-order valence-corrected chi connectivity index (χ0v) is 8.66. The summed E-state index contributed by atoms with van der Waals surface area (Å²) >= 11 is 0. The standard InChI is InChI=1S/C12H11FN2O/c13-12-8-3-1-2-7(8)4-5-9(12)10-6-11(14)15-16-10/h4-6H,1-3H2,(H2,14,15). The number of halogens is 1. The highest BCUT2D eigenvalue weighted by Gasteiger charge is 2.20. The first-order valence-corrected chi connectivity index (χ1v) is 5.28. The molecule has 0 spiro atoms. The molecule has 0 saturated heterocycles. The number of aromatic nitrogens is 1. The van der Waals surface area contributed by atoms with Gasteiger partial charge in [0.2, 0.25) is 0 Å². The molecule has 82 valence electrons. The molecule has 1 aromatic carbocycles. The van der Waals surface area contributed by atoms with E-state index in [0.29, 0.717) is 11.3 Å². The molecule has 2 N–H and O–H groups in total. The Kier molecular flexibility index (Phi) is 1.96. The molecule has 3 rings (SSSR count). The Labute approximate surface area is 92.0 Å². The number of hydrogen-bond acceptors (Lipinski definition) is 3. The molecule has 1 aromatic heterocycles. The lowest BCUT2D eigenvalue weighted by molar-refractivity contribution is 0.433. The molecule has 0 bridgehead atoms. The van der Waals surface area contributed by atoms with Crippen LogP contribution in [0.1, 0.15) is 17.5 Å². The lowest BCUT2D eigenvalue weighted by Gasteiger charge is -2.04. The van der Waals surface area contributed by atoms with Crippen LogP contribution in [-0.4, -0.2) is 5.16 Å². The van der Waals surface area contributed by atoms with Crippen LogP contribution in [0.25, 0.3) is 11.3 Å². The largest absolute Gasteiger partial charge is 0.381 e. The summed E-state index contributed by atoms with van der Waals surface area (Å²) in [6, 6.07) is 5.23. The number of fused-ring (bicyclic) bond motifs is 1. The normalized spacial score (nSPS) is 14.1. The first kappa shape index (κ1) is 9.39. The number of rotatable bonds is 1. The van der Waals surface area contributed by atoms with Gasteiger partial charge in [-0.25, -0.2) is 4.39 Å². The number of nitrogens with two attached hydrogens (primary N) is 1. The van der Waals surface area contributed by atoms with Crippen molar-refractivity contribution in [1.82, 2.24) is 5.16 Å². The SMILES string of the molecule is Nc1cc(-c2ccc3c(c2F)CCC3)on1. The summed E-state index contributed by atoms with van der Waals surface area (Å²) in [7, 11) is 0. The van der Waals surface area contributed by atoms with Crippen LogP contribution in [0.4, 0.5) is 10.2 Å². The first-order chi connectivity index (χ1) is 7.75. The van der Waals surface area contributed by atoms with Crippen LogP contribution in [0.2, 0.25) is 0 Å². The number of aryl methyl sites for hydroxylation is 1. The van der Waals surface area contributed by atoms with Crippen molar-refractivity contribution in [2.24, 2.45) is 0 Å². The molecule has 0 unspecified atom stereocenters. The van der Waals surface area contributed by atoms with Crippen molar-refractivity contribution in [2.45, 2.75) is 19.3 Å². The molecule has 0 atom stereocenters. The summed E-state index contributed by atoms with van der Waals surface area (Å²) in [5, 5.41) is 3.56. The topological polar surface area (TPSA) is 52.0 Å². The van der Waals surface area contributed by atoms with E-state index in [1.165, 1.54) is 0 Å². The molecule has 0 saturated carbocycles. The molecule has 1 aliphatic carbocycles. The van der Waals surface area contributed by atoms with Gasteiger partial charge >= 0.3 is 0 Å². The average molecular weight is 218 g/mol. The van der Waals surface area contributed by atoms with Gasteiger partial charge < -0.3 is 10.3 Å². The fourth-order valence-corrected chi connectivity index (χ4v) is 2.23. The molecule has 2 aromatic rings. The molecule has 4 heteroatoms. The summed E-state index contributed by atoms with van der Waals surface area (Å²) in [6.07, 6.45) is 2.79. The fraction of sp³-hybridized carbons (Fsp3) is 0.250. The van der Waals surface area contributed by atoms with Crippen LogP contribution in [0.5, 0.6) is 0 Å². The molecular formula is C12H11FN2O. The Bertz CT molecular complexity index is 548. The predicted octanol–water partition coefficient (Wildman–Crippen LogP) is 2.55. The fourth-order valence-electron chi connectivity index (χ4n) is 2.23. The van der Waals surface area contributed by atoms with Crippen molar-refractivity contribution in [3.8, 4) is 11.3 Å². The Hall–Kier alpha value is -1.84. The molecule has 1 aliphatic rings. The second-order valence-electron chi connectivity index (χ2n) is 4.03. The van der Waals surface area contributed by atoms with E-state index >= 15 is 0 Å². The highest BCUT2D eigenvalue weighted by Crippen LogP contribution is 2.32. The maximum Gasteiger partial charge on any atom is 0.172 e. The number of anilines is 1. The lowest BCUT2D eigenvalue weighted by atomic mass is 10.0. The number of nitrogens with zero attached hydrogens (tertiary/aromatic N) is 1. The van der Waals surface area contributed by atoms with Crippen molar-refractivity contribution < 1.29 is 8.91 Å². The molecule has 1 heterocycles. The quantitative estimate of drug-likeness (QED) is 0.800. The predicted molar refractivity (Wildman–Crippen MR) is 58.3 cm³/mol. The van der Waals surface area contributed by atoms with Crippen molar-refractivity contribution in [3.05, 3.63) is 35.1 Å². The zero-order chi connectivity index (χ0) is 11.1. The van der Waals surface area contributed by atoms with E-state index in [0.717, 1.165) is 30.4 Å². The third kappa shape index (κ3) is 1.30. The molecule has 0 amide bonds. The second-order valence-corrected chi connectivity index (χ2v) is 4.03. The van der Waals surface area contributed by atoms with Crippen LogP contribution < -0.4 is 5.73 Å². The molecule has 0 aliphatic heterocycles. The molecule has 0 fully saturated rings. The Morgan fingerprint density at radius 3 is 2.94 bits per heavy atom. The van der Waals surface area contributed by atoms with Crippen LogP contribution >= 0.6 is 0 Å². The van der Waals surface area contributed by atoms with E-state index in [9.17, 15) is 4.39 Å². The van der Waals surface area contributed by atoms with Gasteiger partial charge in [0.25, 0.3) is 0 Å². The number of hydrogen-bond donors (Lipinski definition) is 1. The summed E-state index contributed by atoms with van der Waals surface area (Å²) in [4.78, 5) is 0. The van der Waals surface area contributed by atoms with Gasteiger partial charge in [-0.1, -0.05) is 11.2 Å². The highest BCUT2D eigenvalue weighted by molar-refractivity contribution is 5.63. The summed E-state index contributed by atoms with van der Waals surface area (Å²) in [6.45, 7) is 0. The van der Waals surface area contributed by atoms with Crippen molar-refractivity contribution in [1.29, 1.82) is 0 Å². The third-order valence-corrected chi connectivity index (χ3v) is 3.01. The monoisotopic (exact) mass is 218 g/mol. The summed E-state index contributed by atoms with van der Waals surface area (Å²) in [5.74, 6) is 0.478. The molecule has 3 nitrogen and oxygen atoms in total. The third-order valence-electron chi connectivity index (χ3n) is 3.01. The van der Waals surface area contributed by atoms with Gasteiger partial charge in [-0.3, -0.25) is 0 Å². The van der Waals surface area contributed by atoms with Crippen LogP contribution in [0.3, 0.4) is 0 Å². The maximum absolute atomic E-state index is 14.1. The minimum absolute atomic E-state index is 0.189. The van der Waals surface area contributed by atoms with Crippen molar-refractivity contribution in [3.63, 3.8) is 0 Å².